The van der Waals surface area contributed by atoms with Crippen molar-refractivity contribution in [3.8, 4) is 5.75 Å². The summed E-state index contributed by atoms with van der Waals surface area (Å²) in [7, 11) is 0. The first-order chi connectivity index (χ1) is 12.7. The van der Waals surface area contributed by atoms with Gasteiger partial charge in [0.2, 0.25) is 0 Å². The predicted octanol–water partition coefficient (Wildman–Crippen LogP) is 2.64. The molecule has 138 valence electrons. The third kappa shape index (κ3) is 4.65. The van der Waals surface area contributed by atoms with Gasteiger partial charge in [0, 0.05) is 19.1 Å². The van der Waals surface area contributed by atoms with Gasteiger partial charge < -0.3 is 19.4 Å². The zero-order valence-electron chi connectivity index (χ0n) is 14.9. The number of nitrogens with one attached hydrogen (secondary N) is 1. The molecule has 2 heterocycles. The second-order valence-corrected chi connectivity index (χ2v) is 6.43. The van der Waals surface area contributed by atoms with E-state index in [-0.39, 0.29) is 24.5 Å². The molecule has 6 nitrogen and oxygen atoms in total. The molecule has 3 rings (SSSR count). The summed E-state index contributed by atoms with van der Waals surface area (Å²) in [5.41, 5.74) is 1.80. The number of carbonyl (C=O) groups excluding carboxylic acids is 2. The lowest BCUT2D eigenvalue weighted by Crippen LogP contribution is -2.47. The minimum atomic E-state index is -0.135. The van der Waals surface area contributed by atoms with Crippen molar-refractivity contribution in [2.45, 2.75) is 32.2 Å². The first-order valence-corrected chi connectivity index (χ1v) is 8.98. The second-order valence-electron chi connectivity index (χ2n) is 6.43. The number of hydrogen-bond donors (Lipinski definition) is 1. The lowest BCUT2D eigenvalue weighted by atomic mass is 10.0. The van der Waals surface area contributed by atoms with Gasteiger partial charge in [-0.25, -0.2) is 0 Å². The zero-order chi connectivity index (χ0) is 18.4. The Morgan fingerprint density at radius 2 is 1.92 bits per heavy atom. The van der Waals surface area contributed by atoms with Gasteiger partial charge in [0.05, 0.1) is 11.8 Å². The summed E-state index contributed by atoms with van der Waals surface area (Å²) in [4.78, 5) is 26.1. The highest BCUT2D eigenvalue weighted by molar-refractivity contribution is 5.93. The van der Waals surface area contributed by atoms with Crippen LogP contribution in [0.3, 0.4) is 0 Å². The fourth-order valence-corrected chi connectivity index (χ4v) is 3.04. The Labute approximate surface area is 153 Å². The van der Waals surface area contributed by atoms with Crippen LogP contribution in [0.2, 0.25) is 0 Å². The van der Waals surface area contributed by atoms with E-state index in [1.165, 1.54) is 18.1 Å². The van der Waals surface area contributed by atoms with Gasteiger partial charge in [0.15, 0.2) is 6.61 Å². The summed E-state index contributed by atoms with van der Waals surface area (Å²) < 4.78 is 10.5. The van der Waals surface area contributed by atoms with Crippen molar-refractivity contribution < 1.29 is 18.7 Å². The molecule has 2 amide bonds. The van der Waals surface area contributed by atoms with Gasteiger partial charge in [-0.2, -0.15) is 0 Å². The lowest BCUT2D eigenvalue weighted by Gasteiger charge is -2.32. The van der Waals surface area contributed by atoms with E-state index in [1.807, 2.05) is 24.3 Å². The minimum absolute atomic E-state index is 0.000361. The quantitative estimate of drug-likeness (QED) is 0.864. The molecule has 0 radical (unpaired) electrons. The molecule has 6 heteroatoms. The van der Waals surface area contributed by atoms with Gasteiger partial charge in [0.1, 0.15) is 12.0 Å². The predicted molar refractivity (Wildman–Crippen MR) is 97.1 cm³/mol. The molecule has 1 aliphatic heterocycles. The van der Waals surface area contributed by atoms with Crippen molar-refractivity contribution in [1.29, 1.82) is 0 Å². The second kappa shape index (κ2) is 8.56. The Hall–Kier alpha value is -2.76. The number of amides is 2. The van der Waals surface area contributed by atoms with Gasteiger partial charge >= 0.3 is 0 Å². The standard InChI is InChI=1S/C20H24N2O4/c1-2-15-3-5-18(6-4-15)26-14-19(23)21-17-7-10-22(11-8-17)20(24)16-9-12-25-13-16/h3-6,9,12-13,17H,2,7-8,10-11,14H2,1H3,(H,21,23). The van der Waals surface area contributed by atoms with Crippen LogP contribution >= 0.6 is 0 Å². The smallest absolute Gasteiger partial charge is 0.258 e. The molecule has 1 N–H and O–H groups in total. The number of nitrogens with zero attached hydrogens (tertiary/aromatic N) is 1. The third-order valence-corrected chi connectivity index (χ3v) is 4.62. The molecular weight excluding hydrogens is 332 g/mol. The Morgan fingerprint density at radius 1 is 1.19 bits per heavy atom. The Kier molecular flexibility index (Phi) is 5.94. The fraction of sp³-hybridized carbons (Fsp3) is 0.400. The summed E-state index contributed by atoms with van der Waals surface area (Å²) in [5.74, 6) is 0.532. The summed E-state index contributed by atoms with van der Waals surface area (Å²) in [6.45, 7) is 3.33. The lowest BCUT2D eigenvalue weighted by molar-refractivity contribution is -0.124. The summed E-state index contributed by atoms with van der Waals surface area (Å²) in [6, 6.07) is 9.50. The molecule has 0 bridgehead atoms. The molecule has 0 saturated carbocycles. The van der Waals surface area contributed by atoms with Crippen LogP contribution in [0, 0.1) is 0 Å². The summed E-state index contributed by atoms with van der Waals surface area (Å²) in [5, 5.41) is 2.99. The number of likely N-dealkylation sites (tertiary alicyclic amines) is 1. The Balaban J connectivity index is 1.39. The minimum Gasteiger partial charge on any atom is -0.484 e. The topological polar surface area (TPSA) is 71.8 Å². The van der Waals surface area contributed by atoms with Crippen molar-refractivity contribution in [1.82, 2.24) is 10.2 Å². The average molecular weight is 356 g/mol. The molecule has 1 fully saturated rings. The Bertz CT molecular complexity index is 717. The van der Waals surface area contributed by atoms with Crippen molar-refractivity contribution in [2.75, 3.05) is 19.7 Å². The van der Waals surface area contributed by atoms with Crippen LogP contribution in [0.25, 0.3) is 0 Å². The number of furan rings is 1. The highest BCUT2D eigenvalue weighted by Crippen LogP contribution is 2.15. The van der Waals surface area contributed by atoms with E-state index >= 15 is 0 Å². The van der Waals surface area contributed by atoms with Crippen LogP contribution in [-0.2, 0) is 11.2 Å². The van der Waals surface area contributed by atoms with Crippen LogP contribution in [0.4, 0.5) is 0 Å². The Morgan fingerprint density at radius 3 is 2.54 bits per heavy atom. The number of piperidine rings is 1. The molecule has 1 aliphatic rings. The molecule has 0 unspecified atom stereocenters. The van der Waals surface area contributed by atoms with E-state index in [0.29, 0.717) is 24.4 Å². The first kappa shape index (κ1) is 18.0. The maximum absolute atomic E-state index is 12.3. The van der Waals surface area contributed by atoms with Crippen molar-refractivity contribution in [3.05, 3.63) is 54.0 Å². The van der Waals surface area contributed by atoms with Gasteiger partial charge in [-0.15, -0.1) is 0 Å². The molecule has 2 aromatic rings. The third-order valence-electron chi connectivity index (χ3n) is 4.62. The largest absolute Gasteiger partial charge is 0.484 e. The number of hydrogen-bond acceptors (Lipinski definition) is 4. The molecule has 0 spiro atoms. The number of aryl methyl sites for hydroxylation is 1. The highest BCUT2D eigenvalue weighted by atomic mass is 16.5. The van der Waals surface area contributed by atoms with Crippen molar-refractivity contribution in [2.24, 2.45) is 0 Å². The number of rotatable bonds is 6. The number of ether oxygens (including phenoxy) is 1. The van der Waals surface area contributed by atoms with Crippen LogP contribution in [0.1, 0.15) is 35.7 Å². The molecule has 26 heavy (non-hydrogen) atoms. The van der Waals surface area contributed by atoms with Crippen LogP contribution in [0.5, 0.6) is 5.75 Å². The fourth-order valence-electron chi connectivity index (χ4n) is 3.04. The SMILES string of the molecule is CCc1ccc(OCC(=O)NC2CCN(C(=O)c3ccoc3)CC2)cc1. The van der Waals surface area contributed by atoms with E-state index in [4.69, 9.17) is 9.15 Å². The molecule has 1 saturated heterocycles. The molecule has 1 aromatic carbocycles. The van der Waals surface area contributed by atoms with E-state index in [9.17, 15) is 9.59 Å². The van der Waals surface area contributed by atoms with Crippen LogP contribution in [0.15, 0.2) is 47.3 Å². The van der Waals surface area contributed by atoms with Crippen LogP contribution < -0.4 is 10.1 Å². The van der Waals surface area contributed by atoms with E-state index in [2.05, 4.69) is 12.2 Å². The van der Waals surface area contributed by atoms with Gasteiger partial charge in [-0.1, -0.05) is 19.1 Å². The monoisotopic (exact) mass is 356 g/mol. The van der Waals surface area contributed by atoms with Gasteiger partial charge in [0.25, 0.3) is 11.8 Å². The average Bonchev–Trinajstić information content (AvgIpc) is 3.21. The highest BCUT2D eigenvalue weighted by Gasteiger charge is 2.25. The maximum Gasteiger partial charge on any atom is 0.258 e. The zero-order valence-corrected chi connectivity index (χ0v) is 14.9. The molecular formula is C20H24N2O4. The maximum atomic E-state index is 12.3. The van der Waals surface area contributed by atoms with Crippen LogP contribution in [-0.4, -0.2) is 42.5 Å². The number of carbonyl (C=O) groups is 2. The van der Waals surface area contributed by atoms with Crippen molar-refractivity contribution >= 4 is 11.8 Å². The van der Waals surface area contributed by atoms with E-state index in [1.54, 1.807) is 11.0 Å². The first-order valence-electron chi connectivity index (χ1n) is 8.98. The van der Waals surface area contributed by atoms with E-state index in [0.717, 1.165) is 19.3 Å². The summed E-state index contributed by atoms with van der Waals surface area (Å²) in [6.07, 6.45) is 5.40. The normalized spacial score (nSPS) is 14.9. The summed E-state index contributed by atoms with van der Waals surface area (Å²) >= 11 is 0. The van der Waals surface area contributed by atoms with Gasteiger partial charge in [-0.3, -0.25) is 9.59 Å². The molecule has 0 atom stereocenters. The van der Waals surface area contributed by atoms with Gasteiger partial charge in [-0.05, 0) is 43.0 Å². The molecule has 0 aliphatic carbocycles. The molecule has 1 aromatic heterocycles. The van der Waals surface area contributed by atoms with E-state index < -0.39 is 0 Å². The van der Waals surface area contributed by atoms with Crippen molar-refractivity contribution in [3.63, 3.8) is 0 Å². The number of benzene rings is 1.